The van der Waals surface area contributed by atoms with Crippen LogP contribution in [0.15, 0.2) is 41.5 Å². The fraction of sp³-hybridized carbons (Fsp3) is 0.375. The molecule has 0 fully saturated rings. The van der Waals surface area contributed by atoms with Gasteiger partial charge in [0.2, 0.25) is 0 Å². The molecule has 6 heteroatoms. The molecule has 0 unspecified atom stereocenters. The van der Waals surface area contributed by atoms with Crippen LogP contribution >= 0.6 is 0 Å². The Balaban J connectivity index is 2.20. The van der Waals surface area contributed by atoms with Gasteiger partial charge >= 0.3 is 0 Å². The highest BCUT2D eigenvalue weighted by Gasteiger charge is 2.08. The molecule has 0 aliphatic rings. The first-order chi connectivity index (χ1) is 10.7. The molecule has 1 aromatic carbocycles. The number of benzene rings is 1. The third-order valence-electron chi connectivity index (χ3n) is 3.39. The zero-order chi connectivity index (χ0) is 15.9. The Bertz CT molecular complexity index is 648. The van der Waals surface area contributed by atoms with Crippen LogP contribution in [0.2, 0.25) is 0 Å². The summed E-state index contributed by atoms with van der Waals surface area (Å²) in [4.78, 5) is 16.1. The molecule has 0 radical (unpaired) electrons. The van der Waals surface area contributed by atoms with Gasteiger partial charge in [0.15, 0.2) is 6.29 Å². The Hall–Kier alpha value is -2.18. The standard InChI is InChI=1S/C16H20N2O4/c1-20-13-6-4-12(5-7-13)14-11-18(15(19)10-17-14)9-8-16(21-2)22-3/h4-7,10-11,16H,8-9H2,1-3H3. The van der Waals surface area contributed by atoms with E-state index in [0.717, 1.165) is 17.0 Å². The molecular formula is C16H20N2O4. The molecule has 0 saturated carbocycles. The number of aryl methyl sites for hydroxylation is 1. The molecule has 1 heterocycles. The van der Waals surface area contributed by atoms with E-state index >= 15 is 0 Å². The number of aromatic nitrogens is 2. The van der Waals surface area contributed by atoms with E-state index < -0.39 is 0 Å². The van der Waals surface area contributed by atoms with Crippen LogP contribution in [-0.4, -0.2) is 37.2 Å². The van der Waals surface area contributed by atoms with Crippen LogP contribution in [0.4, 0.5) is 0 Å². The van der Waals surface area contributed by atoms with Crippen molar-refractivity contribution in [2.75, 3.05) is 21.3 Å². The van der Waals surface area contributed by atoms with Gasteiger partial charge in [-0.1, -0.05) is 0 Å². The van der Waals surface area contributed by atoms with Crippen molar-refractivity contribution in [2.24, 2.45) is 0 Å². The summed E-state index contributed by atoms with van der Waals surface area (Å²) >= 11 is 0. The third kappa shape index (κ3) is 3.93. The minimum Gasteiger partial charge on any atom is -0.497 e. The smallest absolute Gasteiger partial charge is 0.269 e. The van der Waals surface area contributed by atoms with Crippen LogP contribution in [0.1, 0.15) is 6.42 Å². The first kappa shape index (κ1) is 16.2. The van der Waals surface area contributed by atoms with Crippen LogP contribution in [0.5, 0.6) is 5.75 Å². The van der Waals surface area contributed by atoms with Gasteiger partial charge in [0.05, 0.1) is 19.0 Å². The van der Waals surface area contributed by atoms with E-state index in [0.29, 0.717) is 13.0 Å². The molecule has 2 aromatic rings. The van der Waals surface area contributed by atoms with Crippen LogP contribution in [0.3, 0.4) is 0 Å². The summed E-state index contributed by atoms with van der Waals surface area (Å²) in [6, 6.07) is 7.53. The fourth-order valence-electron chi connectivity index (χ4n) is 2.11. The van der Waals surface area contributed by atoms with E-state index in [9.17, 15) is 4.79 Å². The molecule has 2 rings (SSSR count). The lowest BCUT2D eigenvalue weighted by Gasteiger charge is -2.14. The van der Waals surface area contributed by atoms with E-state index in [2.05, 4.69) is 4.98 Å². The lowest BCUT2D eigenvalue weighted by molar-refractivity contribution is -0.108. The number of hydrogen-bond acceptors (Lipinski definition) is 5. The maximum atomic E-state index is 11.9. The monoisotopic (exact) mass is 304 g/mol. The lowest BCUT2D eigenvalue weighted by Crippen LogP contribution is -2.23. The predicted molar refractivity (Wildman–Crippen MR) is 82.9 cm³/mol. The third-order valence-corrected chi connectivity index (χ3v) is 3.39. The molecule has 0 spiro atoms. The maximum Gasteiger partial charge on any atom is 0.269 e. The number of rotatable bonds is 7. The summed E-state index contributed by atoms with van der Waals surface area (Å²) in [6.45, 7) is 0.497. The molecule has 22 heavy (non-hydrogen) atoms. The van der Waals surface area contributed by atoms with Gasteiger partial charge in [-0.2, -0.15) is 0 Å². The second-order valence-corrected chi connectivity index (χ2v) is 4.72. The van der Waals surface area contributed by atoms with Crippen molar-refractivity contribution in [2.45, 2.75) is 19.3 Å². The Labute approximate surface area is 129 Å². The molecule has 0 bridgehead atoms. The molecule has 118 valence electrons. The van der Waals surface area contributed by atoms with Crippen LogP contribution < -0.4 is 10.3 Å². The quantitative estimate of drug-likeness (QED) is 0.731. The summed E-state index contributed by atoms with van der Waals surface area (Å²) in [5.74, 6) is 0.778. The van der Waals surface area contributed by atoms with E-state index in [1.54, 1.807) is 32.1 Å². The summed E-state index contributed by atoms with van der Waals surface area (Å²) in [7, 11) is 4.77. The highest BCUT2D eigenvalue weighted by atomic mass is 16.7. The lowest BCUT2D eigenvalue weighted by atomic mass is 10.1. The van der Waals surface area contributed by atoms with Gasteiger partial charge in [-0.25, -0.2) is 4.98 Å². The zero-order valence-corrected chi connectivity index (χ0v) is 13.0. The van der Waals surface area contributed by atoms with E-state index in [1.807, 2.05) is 24.3 Å². The molecule has 6 nitrogen and oxygen atoms in total. The Kier molecular flexibility index (Phi) is 5.68. The first-order valence-electron chi connectivity index (χ1n) is 6.94. The average Bonchev–Trinajstić information content (AvgIpc) is 2.57. The van der Waals surface area contributed by atoms with Gasteiger partial charge in [-0.05, 0) is 24.3 Å². The van der Waals surface area contributed by atoms with Crippen LogP contribution in [-0.2, 0) is 16.0 Å². The van der Waals surface area contributed by atoms with Crippen molar-refractivity contribution < 1.29 is 14.2 Å². The minimum atomic E-state index is -0.329. The Morgan fingerprint density at radius 2 is 1.82 bits per heavy atom. The Morgan fingerprint density at radius 3 is 2.41 bits per heavy atom. The fourth-order valence-corrected chi connectivity index (χ4v) is 2.11. The normalized spacial score (nSPS) is 10.9. The molecule has 0 amide bonds. The second kappa shape index (κ2) is 7.72. The number of nitrogens with zero attached hydrogens (tertiary/aromatic N) is 2. The molecule has 0 N–H and O–H groups in total. The SMILES string of the molecule is COc1ccc(-c2cn(CCC(OC)OC)c(=O)cn2)cc1. The largest absolute Gasteiger partial charge is 0.497 e. The molecule has 0 saturated heterocycles. The van der Waals surface area contributed by atoms with Gasteiger partial charge in [-0.3, -0.25) is 4.79 Å². The maximum absolute atomic E-state index is 11.9. The first-order valence-corrected chi connectivity index (χ1v) is 6.94. The van der Waals surface area contributed by atoms with Crippen molar-refractivity contribution in [3.05, 3.63) is 47.0 Å². The topological polar surface area (TPSA) is 62.6 Å². The Morgan fingerprint density at radius 1 is 1.14 bits per heavy atom. The molecule has 1 aromatic heterocycles. The van der Waals surface area contributed by atoms with Crippen molar-refractivity contribution in [1.29, 1.82) is 0 Å². The van der Waals surface area contributed by atoms with Gasteiger partial charge in [0, 0.05) is 38.9 Å². The molecule has 0 atom stereocenters. The van der Waals surface area contributed by atoms with E-state index in [4.69, 9.17) is 14.2 Å². The van der Waals surface area contributed by atoms with E-state index in [-0.39, 0.29) is 11.8 Å². The van der Waals surface area contributed by atoms with Crippen molar-refractivity contribution >= 4 is 0 Å². The average molecular weight is 304 g/mol. The van der Waals surface area contributed by atoms with Crippen LogP contribution in [0.25, 0.3) is 11.3 Å². The summed E-state index contributed by atoms with van der Waals surface area (Å²) < 4.78 is 17.0. The number of methoxy groups -OCH3 is 3. The van der Waals surface area contributed by atoms with Crippen molar-refractivity contribution in [3.63, 3.8) is 0 Å². The molecular weight excluding hydrogens is 284 g/mol. The highest BCUT2D eigenvalue weighted by molar-refractivity contribution is 5.58. The van der Waals surface area contributed by atoms with Crippen molar-refractivity contribution in [3.8, 4) is 17.0 Å². The van der Waals surface area contributed by atoms with Crippen LogP contribution in [0, 0.1) is 0 Å². The number of ether oxygens (including phenoxy) is 3. The molecule has 0 aliphatic carbocycles. The van der Waals surface area contributed by atoms with Gasteiger partial charge in [0.25, 0.3) is 5.56 Å². The van der Waals surface area contributed by atoms with Gasteiger partial charge in [-0.15, -0.1) is 0 Å². The van der Waals surface area contributed by atoms with Gasteiger partial charge in [0.1, 0.15) is 5.75 Å². The highest BCUT2D eigenvalue weighted by Crippen LogP contribution is 2.19. The predicted octanol–water partition coefficient (Wildman–Crippen LogP) is 1.93. The summed E-state index contributed by atoms with van der Waals surface area (Å²) in [6.07, 6.45) is 3.32. The number of hydrogen-bond donors (Lipinski definition) is 0. The summed E-state index contributed by atoms with van der Waals surface area (Å²) in [5, 5.41) is 0. The molecule has 0 aliphatic heterocycles. The minimum absolute atomic E-state index is 0.150. The van der Waals surface area contributed by atoms with Gasteiger partial charge < -0.3 is 18.8 Å². The zero-order valence-electron chi connectivity index (χ0n) is 13.0. The second-order valence-electron chi connectivity index (χ2n) is 4.72. The van der Waals surface area contributed by atoms with E-state index in [1.165, 1.54) is 6.20 Å². The van der Waals surface area contributed by atoms with Crippen molar-refractivity contribution in [1.82, 2.24) is 9.55 Å². The summed E-state index contributed by atoms with van der Waals surface area (Å²) in [5.41, 5.74) is 1.50.